The van der Waals surface area contributed by atoms with Gasteiger partial charge in [-0.3, -0.25) is 14.4 Å². The van der Waals surface area contributed by atoms with E-state index >= 15 is 0 Å². The Morgan fingerprint density at radius 1 is 0.222 bits per heavy atom. The number of ether oxygens (including phenoxy) is 3. The molecule has 0 aliphatic rings. The Labute approximate surface area is 450 Å². The molecule has 0 rings (SSSR count). The van der Waals surface area contributed by atoms with Crippen LogP contribution in [0.15, 0.2) is 0 Å². The van der Waals surface area contributed by atoms with E-state index in [1.807, 2.05) is 0 Å². The van der Waals surface area contributed by atoms with Crippen molar-refractivity contribution in [3.05, 3.63) is 0 Å². The van der Waals surface area contributed by atoms with E-state index in [1.165, 1.54) is 289 Å². The summed E-state index contributed by atoms with van der Waals surface area (Å²) in [6, 6.07) is 0. The fourth-order valence-electron chi connectivity index (χ4n) is 10.4. The first-order chi connectivity index (χ1) is 35.5. The minimum atomic E-state index is -0.762. The van der Waals surface area contributed by atoms with Gasteiger partial charge in [-0.25, -0.2) is 0 Å². The maximum Gasteiger partial charge on any atom is 0.306 e. The molecule has 6 nitrogen and oxygen atoms in total. The Kier molecular flexibility index (Phi) is 60.6. The first-order valence-electron chi connectivity index (χ1n) is 33.0. The predicted octanol–water partition coefficient (Wildman–Crippen LogP) is 22.3. The van der Waals surface area contributed by atoms with Crippen molar-refractivity contribution in [1.82, 2.24) is 0 Å². The van der Waals surface area contributed by atoms with Crippen molar-refractivity contribution in [3.8, 4) is 0 Å². The highest BCUT2D eigenvalue weighted by atomic mass is 16.6. The summed E-state index contributed by atoms with van der Waals surface area (Å²) in [6.07, 6.45) is 71.2. The summed E-state index contributed by atoms with van der Waals surface area (Å²) >= 11 is 0. The summed E-state index contributed by atoms with van der Waals surface area (Å²) in [5.74, 6) is -0.826. The van der Waals surface area contributed by atoms with Gasteiger partial charge >= 0.3 is 17.9 Å². The van der Waals surface area contributed by atoms with Crippen LogP contribution in [0.25, 0.3) is 0 Å². The van der Waals surface area contributed by atoms with Crippen molar-refractivity contribution in [3.63, 3.8) is 0 Å². The van der Waals surface area contributed by atoms with Gasteiger partial charge in [0.25, 0.3) is 0 Å². The van der Waals surface area contributed by atoms with Crippen molar-refractivity contribution in [2.45, 2.75) is 393 Å². The van der Waals surface area contributed by atoms with Gasteiger partial charge in [-0.2, -0.15) is 0 Å². The Balaban J connectivity index is 4.15. The lowest BCUT2D eigenvalue weighted by Gasteiger charge is -2.18. The van der Waals surface area contributed by atoms with Crippen LogP contribution in [0.2, 0.25) is 0 Å². The first kappa shape index (κ1) is 70.4. The van der Waals surface area contributed by atoms with E-state index in [4.69, 9.17) is 14.2 Å². The molecule has 6 heteroatoms. The van der Waals surface area contributed by atoms with Gasteiger partial charge in [-0.15, -0.1) is 0 Å². The number of hydrogen-bond donors (Lipinski definition) is 0. The lowest BCUT2D eigenvalue weighted by Crippen LogP contribution is -2.30. The molecule has 0 N–H and O–H groups in total. The highest BCUT2D eigenvalue weighted by Crippen LogP contribution is 2.19. The van der Waals surface area contributed by atoms with Gasteiger partial charge in [-0.05, 0) is 19.3 Å². The Bertz CT molecular complexity index is 1080. The lowest BCUT2D eigenvalue weighted by atomic mass is 10.0. The van der Waals surface area contributed by atoms with Crippen LogP contribution in [-0.4, -0.2) is 37.2 Å². The molecule has 72 heavy (non-hydrogen) atoms. The Morgan fingerprint density at radius 2 is 0.375 bits per heavy atom. The average molecular weight is 1020 g/mol. The minimum Gasteiger partial charge on any atom is -0.462 e. The van der Waals surface area contributed by atoms with E-state index in [0.29, 0.717) is 19.3 Å². The second kappa shape index (κ2) is 62.0. The zero-order valence-corrected chi connectivity index (χ0v) is 49.2. The van der Waals surface area contributed by atoms with Crippen molar-refractivity contribution < 1.29 is 28.6 Å². The van der Waals surface area contributed by atoms with Crippen LogP contribution in [-0.2, 0) is 28.6 Å². The fourth-order valence-corrected chi connectivity index (χ4v) is 10.4. The summed E-state index contributed by atoms with van der Waals surface area (Å²) < 4.78 is 16.9. The maximum absolute atomic E-state index is 12.9. The maximum atomic E-state index is 12.9. The van der Waals surface area contributed by atoms with Crippen LogP contribution in [0.5, 0.6) is 0 Å². The molecule has 0 amide bonds. The second-order valence-corrected chi connectivity index (χ2v) is 22.8. The molecule has 0 saturated heterocycles. The highest BCUT2D eigenvalue weighted by Gasteiger charge is 2.19. The van der Waals surface area contributed by atoms with Gasteiger partial charge in [0.15, 0.2) is 6.10 Å². The molecule has 0 heterocycles. The summed E-state index contributed by atoms with van der Waals surface area (Å²) in [6.45, 7) is 6.73. The third-order valence-electron chi connectivity index (χ3n) is 15.4. The predicted molar refractivity (Wildman–Crippen MR) is 312 cm³/mol. The molecule has 0 aliphatic carbocycles. The number of rotatable bonds is 62. The van der Waals surface area contributed by atoms with Crippen molar-refractivity contribution >= 4 is 17.9 Å². The van der Waals surface area contributed by atoms with Gasteiger partial charge in [0.05, 0.1) is 0 Å². The Hall–Kier alpha value is -1.59. The van der Waals surface area contributed by atoms with E-state index in [0.717, 1.165) is 57.8 Å². The van der Waals surface area contributed by atoms with Crippen molar-refractivity contribution in [1.29, 1.82) is 0 Å². The topological polar surface area (TPSA) is 78.9 Å². The quantitative estimate of drug-likeness (QED) is 0.0343. The zero-order valence-electron chi connectivity index (χ0n) is 49.2. The number of esters is 3. The second-order valence-electron chi connectivity index (χ2n) is 22.8. The molecule has 1 unspecified atom stereocenters. The summed E-state index contributed by atoms with van der Waals surface area (Å²) in [7, 11) is 0. The fraction of sp³-hybridized carbons (Fsp3) is 0.955. The van der Waals surface area contributed by atoms with Crippen LogP contribution in [0.1, 0.15) is 387 Å². The van der Waals surface area contributed by atoms with E-state index in [1.54, 1.807) is 0 Å². The highest BCUT2D eigenvalue weighted by molar-refractivity contribution is 5.71. The van der Waals surface area contributed by atoms with Crippen LogP contribution >= 0.6 is 0 Å². The molecular weight excluding hydrogens is 889 g/mol. The third-order valence-corrected chi connectivity index (χ3v) is 15.4. The molecular formula is C66H128O6. The SMILES string of the molecule is CCCCCCCCCCCCCCCCCCCCCCCCCCCCC(=O)OCC(COC(=O)CCCCCCCCCCCCCCCC)OC(=O)CCCCCCCCCCCCCCCC. The smallest absolute Gasteiger partial charge is 0.306 e. The normalized spacial score (nSPS) is 11.9. The minimum absolute atomic E-state index is 0.0606. The van der Waals surface area contributed by atoms with Gasteiger partial charge in [-0.1, -0.05) is 348 Å². The van der Waals surface area contributed by atoms with Gasteiger partial charge < -0.3 is 14.2 Å². The van der Waals surface area contributed by atoms with E-state index in [9.17, 15) is 14.4 Å². The standard InChI is InChI=1S/C66H128O6/c1-4-7-10-13-16-19-22-25-28-29-30-31-32-33-34-35-36-37-38-39-42-44-47-50-53-56-59-65(68)71-62-63(72-66(69)60-57-54-51-48-45-41-27-24-21-18-15-12-9-6-3)61-70-64(67)58-55-52-49-46-43-40-26-23-20-17-14-11-8-5-2/h63H,4-62H2,1-3H3. The van der Waals surface area contributed by atoms with Gasteiger partial charge in [0.1, 0.15) is 13.2 Å². The molecule has 0 aliphatic heterocycles. The molecule has 428 valence electrons. The van der Waals surface area contributed by atoms with Crippen LogP contribution in [0.3, 0.4) is 0 Å². The monoisotopic (exact) mass is 1020 g/mol. The number of carbonyl (C=O) groups is 3. The third kappa shape index (κ3) is 59.3. The molecule has 0 saturated carbocycles. The molecule has 0 aromatic carbocycles. The van der Waals surface area contributed by atoms with Crippen molar-refractivity contribution in [2.75, 3.05) is 13.2 Å². The molecule has 0 bridgehead atoms. The average Bonchev–Trinajstić information content (AvgIpc) is 3.38. The van der Waals surface area contributed by atoms with Gasteiger partial charge in [0, 0.05) is 19.3 Å². The van der Waals surface area contributed by atoms with E-state index < -0.39 is 6.10 Å². The lowest BCUT2D eigenvalue weighted by molar-refractivity contribution is -0.167. The van der Waals surface area contributed by atoms with E-state index in [-0.39, 0.29) is 31.1 Å². The van der Waals surface area contributed by atoms with Crippen LogP contribution in [0, 0.1) is 0 Å². The van der Waals surface area contributed by atoms with Crippen molar-refractivity contribution in [2.24, 2.45) is 0 Å². The molecule has 0 spiro atoms. The molecule has 0 aromatic heterocycles. The summed E-state index contributed by atoms with van der Waals surface area (Å²) in [5.41, 5.74) is 0. The Morgan fingerprint density at radius 3 is 0.556 bits per heavy atom. The summed E-state index contributed by atoms with van der Waals surface area (Å²) in [4.78, 5) is 38.3. The largest absolute Gasteiger partial charge is 0.462 e. The van der Waals surface area contributed by atoms with Crippen LogP contribution in [0.4, 0.5) is 0 Å². The molecule has 1 atom stereocenters. The number of unbranched alkanes of at least 4 members (excludes halogenated alkanes) is 51. The molecule has 0 radical (unpaired) electrons. The van der Waals surface area contributed by atoms with E-state index in [2.05, 4.69) is 20.8 Å². The molecule has 0 fully saturated rings. The zero-order chi connectivity index (χ0) is 52.2. The first-order valence-corrected chi connectivity index (χ1v) is 33.0. The van der Waals surface area contributed by atoms with Crippen LogP contribution < -0.4 is 0 Å². The number of hydrogen-bond acceptors (Lipinski definition) is 6. The number of carbonyl (C=O) groups excluding carboxylic acids is 3. The van der Waals surface area contributed by atoms with Gasteiger partial charge in [0.2, 0.25) is 0 Å². The summed E-state index contributed by atoms with van der Waals surface area (Å²) in [5, 5.41) is 0. The molecule has 0 aromatic rings.